The maximum Gasteiger partial charge on any atom is 0.251 e. The van der Waals surface area contributed by atoms with E-state index in [4.69, 9.17) is 11.6 Å². The van der Waals surface area contributed by atoms with E-state index >= 15 is 0 Å². The van der Waals surface area contributed by atoms with Crippen molar-refractivity contribution in [1.82, 2.24) is 5.32 Å². The number of amides is 1. The molecule has 6 heteroatoms. The van der Waals surface area contributed by atoms with Gasteiger partial charge in [-0.05, 0) is 42.0 Å². The highest BCUT2D eigenvalue weighted by Crippen LogP contribution is 2.21. The molecule has 1 atom stereocenters. The zero-order valence-electron chi connectivity index (χ0n) is 11.4. The first-order chi connectivity index (χ1) is 10.5. The van der Waals surface area contributed by atoms with E-state index in [1.807, 2.05) is 0 Å². The normalized spacial score (nSPS) is 11.7. The molecule has 1 N–H and O–H groups in total. The van der Waals surface area contributed by atoms with Gasteiger partial charge in [0.1, 0.15) is 5.82 Å². The summed E-state index contributed by atoms with van der Waals surface area (Å²) < 4.78 is 12.9. The van der Waals surface area contributed by atoms with Gasteiger partial charge in [-0.3, -0.25) is 4.79 Å². The average molecular weight is 321 g/mol. The van der Waals surface area contributed by atoms with Crippen LogP contribution in [0, 0.1) is 5.82 Å². The van der Waals surface area contributed by atoms with Crippen LogP contribution in [-0.4, -0.2) is 11.9 Å². The number of hydrogen-bond donors (Lipinski definition) is 1. The monoisotopic (exact) mass is 320 g/mol. The summed E-state index contributed by atoms with van der Waals surface area (Å²) in [5.41, 5.74) is 0.777. The fourth-order valence-electron chi connectivity index (χ4n) is 1.99. The second kappa shape index (κ2) is 7.04. The highest BCUT2D eigenvalue weighted by atomic mass is 35.5. The Morgan fingerprint density at radius 2 is 1.86 bits per heavy atom. The summed E-state index contributed by atoms with van der Waals surface area (Å²) in [5, 5.41) is 13.9. The number of rotatable bonds is 5. The first-order valence-corrected chi connectivity index (χ1v) is 6.85. The lowest BCUT2D eigenvalue weighted by Gasteiger charge is -2.20. The zero-order chi connectivity index (χ0) is 16.1. The third-order valence-electron chi connectivity index (χ3n) is 3.03. The summed E-state index contributed by atoms with van der Waals surface area (Å²) >= 11 is 5.88. The third kappa shape index (κ3) is 4.30. The van der Waals surface area contributed by atoms with Crippen molar-refractivity contribution in [3.05, 3.63) is 70.5 Å². The van der Waals surface area contributed by atoms with Crippen molar-refractivity contribution in [1.29, 1.82) is 0 Å². The van der Waals surface area contributed by atoms with Crippen LogP contribution in [0.2, 0.25) is 5.02 Å². The van der Waals surface area contributed by atoms with Crippen molar-refractivity contribution in [2.24, 2.45) is 0 Å². The van der Waals surface area contributed by atoms with E-state index in [2.05, 4.69) is 5.32 Å². The molecule has 0 fully saturated rings. The lowest BCUT2D eigenvalue weighted by atomic mass is 10.0. The summed E-state index contributed by atoms with van der Waals surface area (Å²) in [6.45, 7) is 0. The number of halogens is 2. The minimum atomic E-state index is -1.30. The summed E-state index contributed by atoms with van der Waals surface area (Å²) in [6.07, 6.45) is -0.396. The Kier molecular flexibility index (Phi) is 5.12. The molecule has 2 aromatic carbocycles. The molecule has 0 heterocycles. The van der Waals surface area contributed by atoms with Crippen LogP contribution in [0.4, 0.5) is 4.39 Å². The van der Waals surface area contributed by atoms with E-state index in [9.17, 15) is 19.1 Å². The smallest absolute Gasteiger partial charge is 0.251 e. The number of carboxylic acids is 1. The van der Waals surface area contributed by atoms with Crippen molar-refractivity contribution in [3.8, 4) is 0 Å². The highest BCUT2D eigenvalue weighted by Gasteiger charge is 2.16. The van der Waals surface area contributed by atoms with Crippen LogP contribution in [0.5, 0.6) is 0 Å². The van der Waals surface area contributed by atoms with Crippen molar-refractivity contribution in [3.63, 3.8) is 0 Å². The molecule has 0 bridgehead atoms. The second-order valence-electron chi connectivity index (χ2n) is 4.66. The summed E-state index contributed by atoms with van der Waals surface area (Å²) in [5.74, 6) is -2.27. The largest absolute Gasteiger partial charge is 0.550 e. The fraction of sp³-hybridized carbons (Fsp3) is 0.125. The molecule has 2 rings (SSSR count). The maximum atomic E-state index is 12.9. The van der Waals surface area contributed by atoms with Gasteiger partial charge in [-0.1, -0.05) is 23.7 Å². The number of benzene rings is 2. The standard InChI is InChI=1S/C16H13ClFNO3/c17-12-3-1-2-11(8-12)14(9-15(20)21)19-16(22)10-4-6-13(18)7-5-10/h1-8,14H,9H2,(H,19,22)(H,20,21)/p-1/t14-/m0/s1. The Morgan fingerprint density at radius 3 is 2.45 bits per heavy atom. The Bertz CT molecular complexity index is 688. The van der Waals surface area contributed by atoms with Crippen LogP contribution in [0.1, 0.15) is 28.4 Å². The van der Waals surface area contributed by atoms with Gasteiger partial charge >= 0.3 is 0 Å². The molecular weight excluding hydrogens is 309 g/mol. The van der Waals surface area contributed by atoms with Gasteiger partial charge in [0.25, 0.3) is 5.91 Å². The SMILES string of the molecule is O=C([O-])C[C@H](NC(=O)c1ccc(F)cc1)c1cccc(Cl)c1. The van der Waals surface area contributed by atoms with Crippen LogP contribution in [0.25, 0.3) is 0 Å². The number of aliphatic carboxylic acids is 1. The van der Waals surface area contributed by atoms with E-state index in [0.717, 1.165) is 12.1 Å². The Labute approximate surface area is 131 Å². The number of carboxylic acid groups (broad SMARTS) is 1. The maximum absolute atomic E-state index is 12.9. The van der Waals surface area contributed by atoms with Crippen LogP contribution in [-0.2, 0) is 4.79 Å². The number of carbonyl (C=O) groups is 2. The molecule has 1 amide bonds. The van der Waals surface area contributed by atoms with Gasteiger partial charge in [-0.2, -0.15) is 0 Å². The van der Waals surface area contributed by atoms with Crippen molar-refractivity contribution in [2.75, 3.05) is 0 Å². The van der Waals surface area contributed by atoms with E-state index in [1.54, 1.807) is 24.3 Å². The minimum absolute atomic E-state index is 0.228. The number of hydrogen-bond acceptors (Lipinski definition) is 3. The van der Waals surface area contributed by atoms with Gasteiger partial charge in [0.15, 0.2) is 0 Å². The quantitative estimate of drug-likeness (QED) is 0.917. The molecule has 0 aromatic heterocycles. The molecule has 2 aromatic rings. The van der Waals surface area contributed by atoms with Crippen molar-refractivity contribution < 1.29 is 19.1 Å². The molecule has 0 radical (unpaired) electrons. The average Bonchev–Trinajstić information content (AvgIpc) is 2.46. The van der Waals surface area contributed by atoms with Gasteiger partial charge in [-0.15, -0.1) is 0 Å². The third-order valence-corrected chi connectivity index (χ3v) is 3.27. The highest BCUT2D eigenvalue weighted by molar-refractivity contribution is 6.30. The molecule has 0 aliphatic rings. The van der Waals surface area contributed by atoms with E-state index < -0.39 is 30.2 Å². The lowest BCUT2D eigenvalue weighted by Crippen LogP contribution is -2.34. The van der Waals surface area contributed by atoms with Crippen LogP contribution in [0.15, 0.2) is 48.5 Å². The molecule has 114 valence electrons. The van der Waals surface area contributed by atoms with E-state index in [-0.39, 0.29) is 5.56 Å². The number of nitrogens with one attached hydrogen (secondary N) is 1. The molecule has 0 aliphatic carbocycles. The molecule has 4 nitrogen and oxygen atoms in total. The van der Waals surface area contributed by atoms with Crippen LogP contribution < -0.4 is 10.4 Å². The van der Waals surface area contributed by atoms with Gasteiger partial charge in [0, 0.05) is 23.0 Å². The first-order valence-electron chi connectivity index (χ1n) is 6.47. The van der Waals surface area contributed by atoms with Gasteiger partial charge in [0.05, 0.1) is 6.04 Å². The minimum Gasteiger partial charge on any atom is -0.550 e. The predicted octanol–water partition coefficient (Wildman–Crippen LogP) is 2.09. The Balaban J connectivity index is 2.21. The first kappa shape index (κ1) is 16.0. The molecule has 0 aliphatic heterocycles. The molecule has 0 spiro atoms. The number of carbonyl (C=O) groups excluding carboxylic acids is 2. The van der Waals surface area contributed by atoms with E-state index in [0.29, 0.717) is 10.6 Å². The van der Waals surface area contributed by atoms with Gasteiger partial charge in [0.2, 0.25) is 0 Å². The predicted molar refractivity (Wildman–Crippen MR) is 77.7 cm³/mol. The molecule has 0 unspecified atom stereocenters. The molecule has 0 saturated heterocycles. The van der Waals surface area contributed by atoms with Gasteiger partial charge < -0.3 is 15.2 Å². The Hall–Kier alpha value is -2.40. The topological polar surface area (TPSA) is 69.2 Å². The summed E-state index contributed by atoms with van der Waals surface area (Å²) in [4.78, 5) is 23.0. The molecule has 0 saturated carbocycles. The molecular formula is C16H12ClFNO3-. The van der Waals surface area contributed by atoms with Crippen LogP contribution >= 0.6 is 11.6 Å². The Morgan fingerprint density at radius 1 is 1.18 bits per heavy atom. The molecule has 22 heavy (non-hydrogen) atoms. The van der Waals surface area contributed by atoms with Crippen LogP contribution in [0.3, 0.4) is 0 Å². The van der Waals surface area contributed by atoms with Gasteiger partial charge in [-0.25, -0.2) is 4.39 Å². The summed E-state index contributed by atoms with van der Waals surface area (Å²) in [7, 11) is 0. The van der Waals surface area contributed by atoms with E-state index in [1.165, 1.54) is 12.1 Å². The second-order valence-corrected chi connectivity index (χ2v) is 5.10. The zero-order valence-corrected chi connectivity index (χ0v) is 12.1. The van der Waals surface area contributed by atoms with Crippen molar-refractivity contribution >= 4 is 23.5 Å². The summed E-state index contributed by atoms with van der Waals surface area (Å²) in [6, 6.07) is 10.7. The van der Waals surface area contributed by atoms with Crippen molar-refractivity contribution in [2.45, 2.75) is 12.5 Å². The lowest BCUT2D eigenvalue weighted by molar-refractivity contribution is -0.306. The fourth-order valence-corrected chi connectivity index (χ4v) is 2.18.